The molecular weight excluding hydrogens is 594 g/mol. The maximum atomic E-state index is 12.0. The van der Waals surface area contributed by atoms with Crippen LogP contribution in [0.15, 0.2) is 0 Å². The monoisotopic (exact) mass is 647 g/mol. The van der Waals surface area contributed by atoms with Crippen molar-refractivity contribution in [1.82, 2.24) is 31.1 Å². The Labute approximate surface area is 264 Å². The molecule has 0 aromatic carbocycles. The average Bonchev–Trinajstić information content (AvgIpc) is 3.01. The van der Waals surface area contributed by atoms with Crippen molar-refractivity contribution in [3.63, 3.8) is 0 Å². The van der Waals surface area contributed by atoms with Crippen LogP contribution in [0.4, 0.5) is 0 Å². The first-order valence-electron chi connectivity index (χ1n) is 15.5. The van der Waals surface area contributed by atoms with Crippen LogP contribution in [0.5, 0.6) is 0 Å². The summed E-state index contributed by atoms with van der Waals surface area (Å²) in [6, 6.07) is 0. The molecule has 0 aromatic heterocycles. The molecule has 0 spiro atoms. The van der Waals surface area contributed by atoms with Crippen molar-refractivity contribution in [2.24, 2.45) is 5.73 Å². The molecule has 0 rings (SSSR count). The highest BCUT2D eigenvalue weighted by Crippen LogP contribution is 2.02. The largest absolute Gasteiger partial charge is 0.392 e. The molecule has 0 saturated heterocycles. The van der Waals surface area contributed by atoms with Crippen LogP contribution in [-0.2, 0) is 28.8 Å². The van der Waals surface area contributed by atoms with Gasteiger partial charge in [0.2, 0.25) is 35.4 Å². The second kappa shape index (κ2) is 25.9. The Morgan fingerprint density at radius 1 is 0.578 bits per heavy atom. The summed E-state index contributed by atoms with van der Waals surface area (Å²) in [5, 5.41) is 47.8. The lowest BCUT2D eigenvalue weighted by Crippen LogP contribution is -2.34. The number of aliphatic hydroxyl groups excluding tert-OH is 1. The van der Waals surface area contributed by atoms with Crippen LogP contribution in [-0.4, -0.2) is 123 Å². The second-order valence-electron chi connectivity index (χ2n) is 10.6. The number of nitrogens with zero attached hydrogens (tertiary/aromatic N) is 3. The Bertz CT molecular complexity index is 909. The Kier molecular flexibility index (Phi) is 24.0. The number of rotatable bonds is 26. The van der Waals surface area contributed by atoms with Crippen LogP contribution in [0.3, 0.4) is 0 Å². The van der Waals surface area contributed by atoms with Crippen LogP contribution in [0, 0.1) is 0 Å². The van der Waals surface area contributed by atoms with Crippen molar-refractivity contribution in [3.8, 4) is 0 Å². The zero-order valence-electron chi connectivity index (χ0n) is 26.4. The Hall–Kier alpha value is -3.38. The van der Waals surface area contributed by atoms with Gasteiger partial charge in [-0.05, 0) is 51.4 Å². The number of aliphatic hydroxyl groups is 1. The van der Waals surface area contributed by atoms with Gasteiger partial charge in [-0.25, -0.2) is 15.2 Å². The van der Waals surface area contributed by atoms with Gasteiger partial charge in [0.1, 0.15) is 0 Å². The molecule has 0 saturated carbocycles. The van der Waals surface area contributed by atoms with Crippen molar-refractivity contribution in [3.05, 3.63) is 0 Å². The van der Waals surface area contributed by atoms with Gasteiger partial charge < -0.3 is 26.8 Å². The molecule has 0 aliphatic rings. The summed E-state index contributed by atoms with van der Waals surface area (Å²) in [6.45, 7) is 2.57. The number of nitrogens with two attached hydrogens (primary N) is 1. The van der Waals surface area contributed by atoms with Crippen molar-refractivity contribution in [1.29, 1.82) is 0 Å². The van der Waals surface area contributed by atoms with Gasteiger partial charge in [0.05, 0.1) is 12.6 Å². The summed E-state index contributed by atoms with van der Waals surface area (Å²) < 4.78 is 0. The number of nitrogens with one attached hydrogen (secondary N) is 3. The summed E-state index contributed by atoms with van der Waals surface area (Å²) in [5.41, 5.74) is 5.29. The van der Waals surface area contributed by atoms with Crippen LogP contribution in [0.2, 0.25) is 0 Å². The molecule has 1 atom stereocenters. The average molecular weight is 648 g/mol. The van der Waals surface area contributed by atoms with Gasteiger partial charge in [0.15, 0.2) is 0 Å². The lowest BCUT2D eigenvalue weighted by Gasteiger charge is -2.15. The minimum absolute atomic E-state index is 0.0472. The smallest absolute Gasteiger partial charge is 0.246 e. The van der Waals surface area contributed by atoms with E-state index in [1.54, 1.807) is 0 Å². The standard InChI is InChI=1S/C28H53N7O10/c1-22(36)33(43)18-7-3-6-17-31-25(39)11-13-28(42)35(45)20-14-26(40)32-16-5-2-4-15-30-24(38)10-12-27(41)34(44)19-8-9-23(37)21-29/h23,37,43-45H,2-21,29H2,1H3,(H,30,38)(H,31,39)(H,32,40). The van der Waals surface area contributed by atoms with Crippen LogP contribution < -0.4 is 21.7 Å². The van der Waals surface area contributed by atoms with E-state index in [-0.39, 0.29) is 76.0 Å². The molecule has 17 heteroatoms. The second-order valence-corrected chi connectivity index (χ2v) is 10.6. The highest BCUT2D eigenvalue weighted by atomic mass is 16.5. The molecule has 0 radical (unpaired) electrons. The van der Waals surface area contributed by atoms with Gasteiger partial charge in [-0.3, -0.25) is 44.4 Å². The summed E-state index contributed by atoms with van der Waals surface area (Å²) >= 11 is 0. The van der Waals surface area contributed by atoms with E-state index < -0.39 is 23.8 Å². The third-order valence-corrected chi connectivity index (χ3v) is 6.67. The molecule has 0 bridgehead atoms. The topological polar surface area (TPSA) is 255 Å². The van der Waals surface area contributed by atoms with E-state index in [9.17, 15) is 49.5 Å². The van der Waals surface area contributed by atoms with Crippen molar-refractivity contribution in [2.75, 3.05) is 45.8 Å². The Morgan fingerprint density at radius 3 is 1.47 bits per heavy atom. The molecule has 0 fully saturated rings. The van der Waals surface area contributed by atoms with Gasteiger partial charge in [0.25, 0.3) is 0 Å². The van der Waals surface area contributed by atoms with Crippen molar-refractivity contribution >= 4 is 35.4 Å². The van der Waals surface area contributed by atoms with E-state index in [0.29, 0.717) is 86.2 Å². The summed E-state index contributed by atoms with van der Waals surface area (Å²) in [5.74, 6) is -2.71. The van der Waals surface area contributed by atoms with Crippen LogP contribution in [0.25, 0.3) is 0 Å². The molecule has 0 aliphatic heterocycles. The molecule has 0 aromatic rings. The van der Waals surface area contributed by atoms with E-state index in [0.717, 1.165) is 0 Å². The van der Waals surface area contributed by atoms with Crippen LogP contribution in [0.1, 0.15) is 90.4 Å². The van der Waals surface area contributed by atoms with E-state index in [2.05, 4.69) is 16.0 Å². The lowest BCUT2D eigenvalue weighted by atomic mass is 10.2. The zero-order valence-corrected chi connectivity index (χ0v) is 26.4. The number of carbonyl (C=O) groups excluding carboxylic acids is 6. The first-order chi connectivity index (χ1) is 21.4. The number of carbonyl (C=O) groups is 6. The molecule has 0 heterocycles. The minimum atomic E-state index is -0.680. The number of hydroxylamine groups is 6. The molecular formula is C28H53N7O10. The number of unbranched alkanes of at least 4 members (excludes halogenated alkanes) is 4. The fourth-order valence-corrected chi connectivity index (χ4v) is 3.85. The van der Waals surface area contributed by atoms with Gasteiger partial charge in [-0.2, -0.15) is 0 Å². The van der Waals surface area contributed by atoms with Gasteiger partial charge in [-0.15, -0.1) is 0 Å². The van der Waals surface area contributed by atoms with Gasteiger partial charge in [-0.1, -0.05) is 0 Å². The molecule has 6 amide bonds. The summed E-state index contributed by atoms with van der Waals surface area (Å²) in [6.07, 6.45) is 3.35. The van der Waals surface area contributed by atoms with E-state index in [4.69, 9.17) is 5.73 Å². The molecule has 45 heavy (non-hydrogen) atoms. The fraction of sp³-hybridized carbons (Fsp3) is 0.786. The molecule has 260 valence electrons. The lowest BCUT2D eigenvalue weighted by molar-refractivity contribution is -0.166. The van der Waals surface area contributed by atoms with Crippen LogP contribution >= 0.6 is 0 Å². The molecule has 0 aliphatic carbocycles. The molecule has 9 N–H and O–H groups in total. The Balaban J connectivity index is 3.79. The van der Waals surface area contributed by atoms with Crippen molar-refractivity contribution in [2.45, 2.75) is 96.5 Å². The zero-order chi connectivity index (χ0) is 34.0. The normalized spacial score (nSPS) is 11.3. The molecule has 17 nitrogen and oxygen atoms in total. The van der Waals surface area contributed by atoms with E-state index >= 15 is 0 Å². The van der Waals surface area contributed by atoms with E-state index in [1.165, 1.54) is 6.92 Å². The third-order valence-electron chi connectivity index (χ3n) is 6.67. The first-order valence-corrected chi connectivity index (χ1v) is 15.5. The van der Waals surface area contributed by atoms with Gasteiger partial charge in [0, 0.05) is 78.3 Å². The first kappa shape index (κ1) is 41.6. The number of amides is 6. The van der Waals surface area contributed by atoms with E-state index in [1.807, 2.05) is 0 Å². The SMILES string of the molecule is CC(=O)N(O)CCCCCNC(=O)CCC(=O)N(O)CCC(=O)NCCCCCNC(=O)CCC(=O)N(O)CCCC(O)CN. The summed E-state index contributed by atoms with van der Waals surface area (Å²) in [7, 11) is 0. The predicted molar refractivity (Wildman–Crippen MR) is 160 cm³/mol. The highest BCUT2D eigenvalue weighted by molar-refractivity contribution is 5.84. The predicted octanol–water partition coefficient (Wildman–Crippen LogP) is -0.601. The highest BCUT2D eigenvalue weighted by Gasteiger charge is 2.15. The molecule has 1 unspecified atom stereocenters. The van der Waals surface area contributed by atoms with Crippen molar-refractivity contribution < 1.29 is 49.5 Å². The fourth-order valence-electron chi connectivity index (χ4n) is 3.85. The maximum Gasteiger partial charge on any atom is 0.246 e. The third kappa shape index (κ3) is 23.6. The Morgan fingerprint density at radius 2 is 1.00 bits per heavy atom. The minimum Gasteiger partial charge on any atom is -0.392 e. The quantitative estimate of drug-likeness (QED) is 0.0334. The number of hydrogen-bond donors (Lipinski definition) is 8. The number of hydrogen-bond acceptors (Lipinski definition) is 11. The van der Waals surface area contributed by atoms with Gasteiger partial charge >= 0.3 is 0 Å². The maximum absolute atomic E-state index is 12.0. The summed E-state index contributed by atoms with van der Waals surface area (Å²) in [4.78, 5) is 70.5.